The summed E-state index contributed by atoms with van der Waals surface area (Å²) in [7, 11) is 0. The standard InChI is InChI=1S/C11H12ClN5O2/c1-6(11-14-16-17-15-11)13-4-7-2-8(12)10-9(3-7)18-5-19-10/h2-3,6,13H,4-5H2,1H3,(H,14,15,16,17). The van der Waals surface area contributed by atoms with Crippen LogP contribution in [0.2, 0.25) is 5.02 Å². The first-order chi connectivity index (χ1) is 9.24. The number of fused-ring (bicyclic) bond motifs is 1. The second-order valence-electron chi connectivity index (χ2n) is 4.18. The van der Waals surface area contributed by atoms with Crippen molar-refractivity contribution in [3.8, 4) is 11.5 Å². The quantitative estimate of drug-likeness (QED) is 0.882. The summed E-state index contributed by atoms with van der Waals surface area (Å²) in [5.74, 6) is 1.90. The van der Waals surface area contributed by atoms with Crippen molar-refractivity contribution in [3.05, 3.63) is 28.5 Å². The SMILES string of the molecule is CC(NCc1cc(Cl)c2c(c1)OCO2)c1nn[nH]n1. The fourth-order valence-corrected chi connectivity index (χ4v) is 2.13. The summed E-state index contributed by atoms with van der Waals surface area (Å²) in [4.78, 5) is 0. The Morgan fingerprint density at radius 2 is 2.37 bits per heavy atom. The molecule has 19 heavy (non-hydrogen) atoms. The molecule has 1 unspecified atom stereocenters. The van der Waals surface area contributed by atoms with Gasteiger partial charge in [-0.25, -0.2) is 0 Å². The molecule has 7 nitrogen and oxygen atoms in total. The van der Waals surface area contributed by atoms with Crippen molar-refractivity contribution in [1.82, 2.24) is 25.9 Å². The molecule has 2 aromatic rings. The molecule has 2 N–H and O–H groups in total. The lowest BCUT2D eigenvalue weighted by molar-refractivity contribution is 0.174. The van der Waals surface area contributed by atoms with Crippen LogP contribution in [-0.2, 0) is 6.54 Å². The maximum Gasteiger partial charge on any atom is 0.231 e. The second kappa shape index (κ2) is 5.02. The average molecular weight is 282 g/mol. The van der Waals surface area contributed by atoms with Gasteiger partial charge in [0.25, 0.3) is 0 Å². The number of hydrogen-bond donors (Lipinski definition) is 2. The highest BCUT2D eigenvalue weighted by molar-refractivity contribution is 6.32. The zero-order chi connectivity index (χ0) is 13.2. The third-order valence-corrected chi connectivity index (χ3v) is 3.13. The van der Waals surface area contributed by atoms with Crippen molar-refractivity contribution >= 4 is 11.6 Å². The fraction of sp³-hybridized carbons (Fsp3) is 0.364. The van der Waals surface area contributed by atoms with E-state index in [-0.39, 0.29) is 12.8 Å². The lowest BCUT2D eigenvalue weighted by Gasteiger charge is -2.10. The van der Waals surface area contributed by atoms with Gasteiger partial charge < -0.3 is 14.8 Å². The van der Waals surface area contributed by atoms with Crippen molar-refractivity contribution in [2.45, 2.75) is 19.5 Å². The Morgan fingerprint density at radius 1 is 1.47 bits per heavy atom. The van der Waals surface area contributed by atoms with Crippen LogP contribution in [0.4, 0.5) is 0 Å². The predicted molar refractivity (Wildman–Crippen MR) is 67.0 cm³/mol. The van der Waals surface area contributed by atoms with E-state index in [2.05, 4.69) is 25.9 Å². The van der Waals surface area contributed by atoms with Crippen molar-refractivity contribution < 1.29 is 9.47 Å². The molecule has 0 aliphatic carbocycles. The molecule has 0 saturated heterocycles. The first kappa shape index (κ1) is 12.2. The topological polar surface area (TPSA) is 85.0 Å². The minimum atomic E-state index is -0.0112. The van der Waals surface area contributed by atoms with Crippen molar-refractivity contribution in [2.75, 3.05) is 6.79 Å². The fourth-order valence-electron chi connectivity index (χ4n) is 1.84. The van der Waals surface area contributed by atoms with E-state index >= 15 is 0 Å². The molecular weight excluding hydrogens is 270 g/mol. The Kier molecular flexibility index (Phi) is 3.22. The molecule has 0 radical (unpaired) electrons. The Morgan fingerprint density at radius 3 is 3.16 bits per heavy atom. The van der Waals surface area contributed by atoms with Crippen LogP contribution in [-0.4, -0.2) is 27.4 Å². The van der Waals surface area contributed by atoms with Crippen LogP contribution in [0.3, 0.4) is 0 Å². The van der Waals surface area contributed by atoms with Gasteiger partial charge in [-0.3, -0.25) is 0 Å². The van der Waals surface area contributed by atoms with E-state index in [0.717, 1.165) is 5.56 Å². The summed E-state index contributed by atoms with van der Waals surface area (Å²) in [6.45, 7) is 2.79. The average Bonchev–Trinajstić information content (AvgIpc) is 3.06. The van der Waals surface area contributed by atoms with Gasteiger partial charge in [-0.15, -0.1) is 10.2 Å². The maximum atomic E-state index is 6.12. The van der Waals surface area contributed by atoms with Crippen LogP contribution in [0, 0.1) is 0 Å². The van der Waals surface area contributed by atoms with Gasteiger partial charge in [0.15, 0.2) is 17.3 Å². The third kappa shape index (κ3) is 2.47. The number of nitrogens with one attached hydrogen (secondary N) is 2. The lowest BCUT2D eigenvalue weighted by atomic mass is 10.2. The van der Waals surface area contributed by atoms with Gasteiger partial charge in [0, 0.05) is 6.54 Å². The van der Waals surface area contributed by atoms with Gasteiger partial charge in [-0.05, 0) is 24.6 Å². The summed E-state index contributed by atoms with van der Waals surface area (Å²) in [5, 5.41) is 17.6. The highest BCUT2D eigenvalue weighted by Gasteiger charge is 2.18. The molecule has 1 aliphatic heterocycles. The van der Waals surface area contributed by atoms with E-state index in [0.29, 0.717) is 28.9 Å². The van der Waals surface area contributed by atoms with Crippen LogP contribution >= 0.6 is 11.6 Å². The van der Waals surface area contributed by atoms with Crippen molar-refractivity contribution in [1.29, 1.82) is 0 Å². The number of hydrogen-bond acceptors (Lipinski definition) is 6. The summed E-state index contributed by atoms with van der Waals surface area (Å²) in [5.41, 5.74) is 1.00. The van der Waals surface area contributed by atoms with Crippen LogP contribution in [0.15, 0.2) is 12.1 Å². The van der Waals surface area contributed by atoms with E-state index in [1.807, 2.05) is 19.1 Å². The second-order valence-corrected chi connectivity index (χ2v) is 4.59. The number of rotatable bonds is 4. The van der Waals surface area contributed by atoms with E-state index in [1.54, 1.807) is 0 Å². The van der Waals surface area contributed by atoms with Crippen LogP contribution < -0.4 is 14.8 Å². The molecule has 0 bridgehead atoms. The molecule has 100 valence electrons. The highest BCUT2D eigenvalue weighted by Crippen LogP contribution is 2.39. The van der Waals surface area contributed by atoms with E-state index in [9.17, 15) is 0 Å². The summed E-state index contributed by atoms with van der Waals surface area (Å²) in [6.07, 6.45) is 0. The smallest absolute Gasteiger partial charge is 0.231 e. The Balaban J connectivity index is 1.69. The summed E-state index contributed by atoms with van der Waals surface area (Å²) in [6, 6.07) is 3.75. The normalized spacial score (nSPS) is 14.6. The van der Waals surface area contributed by atoms with Gasteiger partial charge in [0.05, 0.1) is 11.1 Å². The van der Waals surface area contributed by atoms with E-state index in [4.69, 9.17) is 21.1 Å². The zero-order valence-corrected chi connectivity index (χ0v) is 10.9. The van der Waals surface area contributed by atoms with Gasteiger partial charge in [-0.1, -0.05) is 16.8 Å². The number of benzene rings is 1. The van der Waals surface area contributed by atoms with Crippen molar-refractivity contribution in [2.24, 2.45) is 0 Å². The Hall–Kier alpha value is -1.86. The number of tetrazole rings is 1. The Labute approximate surface area is 114 Å². The number of nitrogens with zero attached hydrogens (tertiary/aromatic N) is 3. The van der Waals surface area contributed by atoms with Gasteiger partial charge >= 0.3 is 0 Å². The molecule has 8 heteroatoms. The number of aromatic nitrogens is 4. The molecule has 0 spiro atoms. The van der Waals surface area contributed by atoms with E-state index in [1.165, 1.54) is 0 Å². The van der Waals surface area contributed by atoms with Gasteiger partial charge in [0.2, 0.25) is 6.79 Å². The zero-order valence-electron chi connectivity index (χ0n) is 10.2. The summed E-state index contributed by atoms with van der Waals surface area (Å²) < 4.78 is 10.6. The highest BCUT2D eigenvalue weighted by atomic mass is 35.5. The molecule has 1 atom stereocenters. The molecule has 1 aromatic heterocycles. The van der Waals surface area contributed by atoms with Crippen LogP contribution in [0.25, 0.3) is 0 Å². The molecular formula is C11H12ClN5O2. The number of halogens is 1. The largest absolute Gasteiger partial charge is 0.454 e. The monoisotopic (exact) mass is 281 g/mol. The number of aromatic amines is 1. The minimum Gasteiger partial charge on any atom is -0.454 e. The third-order valence-electron chi connectivity index (χ3n) is 2.85. The molecule has 2 heterocycles. The molecule has 0 amide bonds. The minimum absolute atomic E-state index is 0.0112. The predicted octanol–water partition coefficient (Wildman–Crippen LogP) is 1.43. The Bertz CT molecular complexity index is 575. The summed E-state index contributed by atoms with van der Waals surface area (Å²) >= 11 is 6.12. The first-order valence-corrected chi connectivity index (χ1v) is 6.16. The molecule has 1 aromatic carbocycles. The van der Waals surface area contributed by atoms with E-state index < -0.39 is 0 Å². The maximum absolute atomic E-state index is 6.12. The first-order valence-electron chi connectivity index (χ1n) is 5.79. The van der Waals surface area contributed by atoms with Gasteiger partial charge in [-0.2, -0.15) is 5.21 Å². The molecule has 0 saturated carbocycles. The van der Waals surface area contributed by atoms with Gasteiger partial charge in [0.1, 0.15) is 0 Å². The van der Waals surface area contributed by atoms with Crippen LogP contribution in [0.1, 0.15) is 24.4 Å². The number of H-pyrrole nitrogens is 1. The molecule has 0 fully saturated rings. The number of ether oxygens (including phenoxy) is 2. The molecule has 3 rings (SSSR count). The molecule has 1 aliphatic rings. The lowest BCUT2D eigenvalue weighted by Crippen LogP contribution is -2.19. The van der Waals surface area contributed by atoms with Crippen LogP contribution in [0.5, 0.6) is 11.5 Å². The van der Waals surface area contributed by atoms with Crippen molar-refractivity contribution in [3.63, 3.8) is 0 Å².